The summed E-state index contributed by atoms with van der Waals surface area (Å²) in [5.41, 5.74) is 0.0129. The summed E-state index contributed by atoms with van der Waals surface area (Å²) < 4.78 is 11.5. The molecule has 3 aliphatic heterocycles. The quantitative estimate of drug-likeness (QED) is 0.736. The van der Waals surface area contributed by atoms with Gasteiger partial charge in [-0.1, -0.05) is 0 Å². The summed E-state index contributed by atoms with van der Waals surface area (Å²) >= 11 is 0. The average Bonchev–Trinajstić information content (AvgIpc) is 2.78. The molecule has 2 unspecified atom stereocenters. The van der Waals surface area contributed by atoms with Gasteiger partial charge in [-0.25, -0.2) is 0 Å². The summed E-state index contributed by atoms with van der Waals surface area (Å²) in [7, 11) is 0. The topological polar surface area (TPSA) is 41.9 Å². The van der Waals surface area contributed by atoms with Gasteiger partial charge in [-0.2, -0.15) is 0 Å². The molecular formula is C13H23NO3. The van der Waals surface area contributed by atoms with Gasteiger partial charge in [0.15, 0.2) is 0 Å². The highest BCUT2D eigenvalue weighted by Gasteiger charge is 2.42. The molecule has 0 aliphatic carbocycles. The Hall–Kier alpha value is -0.160. The molecule has 0 aromatic carbocycles. The first-order valence-electron chi connectivity index (χ1n) is 6.91. The normalized spacial score (nSPS) is 41.1. The number of hydrogen-bond donors (Lipinski definition) is 1. The Morgan fingerprint density at radius 3 is 2.65 bits per heavy atom. The molecule has 0 radical (unpaired) electrons. The predicted octanol–water partition coefficient (Wildman–Crippen LogP) is 0.781. The molecule has 3 saturated heterocycles. The van der Waals surface area contributed by atoms with Gasteiger partial charge < -0.3 is 14.6 Å². The van der Waals surface area contributed by atoms with E-state index in [1.165, 1.54) is 0 Å². The zero-order valence-corrected chi connectivity index (χ0v) is 10.4. The third-order valence-electron chi connectivity index (χ3n) is 4.55. The standard InChI is InChI=1S/C13H23NO3/c15-12-1-5-14(6-2-12)11-3-7-17-13(9-11)4-8-16-10-13/h11-12,15H,1-10H2. The summed E-state index contributed by atoms with van der Waals surface area (Å²) in [6.45, 7) is 4.59. The molecule has 4 heteroatoms. The number of piperidine rings is 1. The second-order valence-electron chi connectivity index (χ2n) is 5.75. The molecule has 3 rings (SSSR count). The highest BCUT2D eigenvalue weighted by molar-refractivity contribution is 4.94. The molecule has 0 saturated carbocycles. The zero-order chi connectivity index (χ0) is 11.7. The highest BCUT2D eigenvalue weighted by atomic mass is 16.6. The third kappa shape index (κ3) is 2.50. The maximum absolute atomic E-state index is 9.56. The second kappa shape index (κ2) is 4.84. The van der Waals surface area contributed by atoms with Crippen LogP contribution >= 0.6 is 0 Å². The van der Waals surface area contributed by atoms with Gasteiger partial charge in [0.1, 0.15) is 0 Å². The van der Waals surface area contributed by atoms with Gasteiger partial charge in [-0.15, -0.1) is 0 Å². The second-order valence-corrected chi connectivity index (χ2v) is 5.75. The molecule has 4 nitrogen and oxygen atoms in total. The molecule has 1 spiro atoms. The Labute approximate surface area is 103 Å². The zero-order valence-electron chi connectivity index (χ0n) is 10.4. The molecule has 17 heavy (non-hydrogen) atoms. The lowest BCUT2D eigenvalue weighted by molar-refractivity contribution is -0.110. The first-order valence-corrected chi connectivity index (χ1v) is 6.91. The van der Waals surface area contributed by atoms with E-state index < -0.39 is 0 Å². The van der Waals surface area contributed by atoms with Crippen molar-refractivity contribution in [2.75, 3.05) is 32.9 Å². The number of rotatable bonds is 1. The van der Waals surface area contributed by atoms with Crippen LogP contribution in [0.15, 0.2) is 0 Å². The minimum absolute atomic E-state index is 0.0129. The molecule has 98 valence electrons. The maximum Gasteiger partial charge on any atom is 0.0951 e. The van der Waals surface area contributed by atoms with E-state index in [9.17, 15) is 5.11 Å². The lowest BCUT2D eigenvalue weighted by Gasteiger charge is -2.44. The van der Waals surface area contributed by atoms with Gasteiger partial charge in [0, 0.05) is 38.8 Å². The van der Waals surface area contributed by atoms with Crippen LogP contribution in [-0.2, 0) is 9.47 Å². The van der Waals surface area contributed by atoms with Crippen molar-refractivity contribution in [3.05, 3.63) is 0 Å². The minimum Gasteiger partial charge on any atom is -0.393 e. The fraction of sp³-hybridized carbons (Fsp3) is 1.00. The third-order valence-corrected chi connectivity index (χ3v) is 4.55. The van der Waals surface area contributed by atoms with Crippen molar-refractivity contribution in [3.63, 3.8) is 0 Å². The molecular weight excluding hydrogens is 218 g/mol. The van der Waals surface area contributed by atoms with E-state index in [0.29, 0.717) is 6.04 Å². The summed E-state index contributed by atoms with van der Waals surface area (Å²) in [5.74, 6) is 0. The molecule has 1 N–H and O–H groups in total. The van der Waals surface area contributed by atoms with Crippen molar-refractivity contribution in [1.29, 1.82) is 0 Å². The smallest absolute Gasteiger partial charge is 0.0951 e. The van der Waals surface area contributed by atoms with Gasteiger partial charge in [0.25, 0.3) is 0 Å². The first kappa shape index (κ1) is 11.9. The average molecular weight is 241 g/mol. The Morgan fingerprint density at radius 1 is 1.12 bits per heavy atom. The van der Waals surface area contributed by atoms with E-state index in [1.807, 2.05) is 0 Å². The van der Waals surface area contributed by atoms with Crippen LogP contribution in [0.3, 0.4) is 0 Å². The Balaban J connectivity index is 1.60. The van der Waals surface area contributed by atoms with Gasteiger partial charge in [0.2, 0.25) is 0 Å². The summed E-state index contributed by atoms with van der Waals surface area (Å²) in [6.07, 6.45) is 5.10. The van der Waals surface area contributed by atoms with E-state index in [0.717, 1.165) is 65.0 Å². The molecule has 0 aromatic rings. The Bertz CT molecular complexity index is 257. The number of aliphatic hydroxyl groups is 1. The van der Waals surface area contributed by atoms with Gasteiger partial charge in [-0.3, -0.25) is 4.90 Å². The lowest BCUT2D eigenvalue weighted by atomic mass is 9.88. The van der Waals surface area contributed by atoms with Gasteiger partial charge in [-0.05, 0) is 25.7 Å². The summed E-state index contributed by atoms with van der Waals surface area (Å²) in [6, 6.07) is 0.637. The highest BCUT2D eigenvalue weighted by Crippen LogP contribution is 2.35. The largest absolute Gasteiger partial charge is 0.393 e. The number of likely N-dealkylation sites (tertiary alicyclic amines) is 1. The van der Waals surface area contributed by atoms with Crippen molar-refractivity contribution < 1.29 is 14.6 Å². The van der Waals surface area contributed by atoms with Gasteiger partial charge >= 0.3 is 0 Å². The Morgan fingerprint density at radius 2 is 1.94 bits per heavy atom. The van der Waals surface area contributed by atoms with Crippen LogP contribution < -0.4 is 0 Å². The van der Waals surface area contributed by atoms with Crippen LogP contribution in [0.5, 0.6) is 0 Å². The Kier molecular flexibility index (Phi) is 3.39. The monoisotopic (exact) mass is 241 g/mol. The fourth-order valence-electron chi connectivity index (χ4n) is 3.43. The number of nitrogens with zero attached hydrogens (tertiary/aromatic N) is 1. The molecule has 0 aromatic heterocycles. The van der Waals surface area contributed by atoms with Crippen molar-refractivity contribution in [2.24, 2.45) is 0 Å². The van der Waals surface area contributed by atoms with E-state index in [4.69, 9.17) is 9.47 Å². The van der Waals surface area contributed by atoms with E-state index >= 15 is 0 Å². The molecule has 3 heterocycles. The summed E-state index contributed by atoms with van der Waals surface area (Å²) in [4.78, 5) is 2.55. The SMILES string of the molecule is OC1CCN(C2CCOC3(CCOC3)C2)CC1. The van der Waals surface area contributed by atoms with Crippen LogP contribution in [0.2, 0.25) is 0 Å². The fourth-order valence-corrected chi connectivity index (χ4v) is 3.43. The number of ether oxygens (including phenoxy) is 2. The van der Waals surface area contributed by atoms with Crippen molar-refractivity contribution in [2.45, 2.75) is 49.9 Å². The molecule has 2 atom stereocenters. The van der Waals surface area contributed by atoms with Crippen molar-refractivity contribution in [1.82, 2.24) is 4.90 Å². The van der Waals surface area contributed by atoms with Crippen LogP contribution in [0.25, 0.3) is 0 Å². The minimum atomic E-state index is -0.0742. The van der Waals surface area contributed by atoms with E-state index in [-0.39, 0.29) is 11.7 Å². The van der Waals surface area contributed by atoms with Gasteiger partial charge in [0.05, 0.1) is 18.3 Å². The lowest BCUT2D eigenvalue weighted by Crippen LogP contribution is -2.51. The number of aliphatic hydroxyl groups excluding tert-OH is 1. The maximum atomic E-state index is 9.56. The number of hydrogen-bond acceptors (Lipinski definition) is 4. The first-order chi connectivity index (χ1) is 8.27. The van der Waals surface area contributed by atoms with E-state index in [2.05, 4.69) is 4.90 Å². The predicted molar refractivity (Wildman–Crippen MR) is 64.0 cm³/mol. The molecule has 3 fully saturated rings. The van der Waals surface area contributed by atoms with Crippen LogP contribution in [0.4, 0.5) is 0 Å². The van der Waals surface area contributed by atoms with Crippen molar-refractivity contribution in [3.8, 4) is 0 Å². The molecule has 3 aliphatic rings. The molecule has 0 bridgehead atoms. The summed E-state index contributed by atoms with van der Waals surface area (Å²) in [5, 5.41) is 9.56. The van der Waals surface area contributed by atoms with E-state index in [1.54, 1.807) is 0 Å². The van der Waals surface area contributed by atoms with Crippen LogP contribution in [0, 0.1) is 0 Å². The molecule has 0 amide bonds. The van der Waals surface area contributed by atoms with Crippen molar-refractivity contribution >= 4 is 0 Å². The van der Waals surface area contributed by atoms with Crippen LogP contribution in [0.1, 0.15) is 32.1 Å². The van der Waals surface area contributed by atoms with Crippen LogP contribution in [-0.4, -0.2) is 60.7 Å².